The van der Waals surface area contributed by atoms with Gasteiger partial charge in [0.2, 0.25) is 0 Å². The Hall–Kier alpha value is -6.18. The van der Waals surface area contributed by atoms with Crippen LogP contribution in [-0.4, -0.2) is 0 Å². The van der Waals surface area contributed by atoms with Crippen LogP contribution in [0.2, 0.25) is 0 Å². The molecule has 0 N–H and O–H groups in total. The molecule has 262 valence electrons. The first-order valence-electron chi connectivity index (χ1n) is 19.8. The molecule has 3 aliphatic carbocycles. The zero-order chi connectivity index (χ0) is 36.8. The molecule has 0 radical (unpaired) electrons. The summed E-state index contributed by atoms with van der Waals surface area (Å²) in [4.78, 5) is 0. The molecule has 55 heavy (non-hydrogen) atoms. The van der Waals surface area contributed by atoms with Gasteiger partial charge in [-0.25, -0.2) is 0 Å². The second-order valence-corrected chi connectivity index (χ2v) is 17.1. The molecule has 0 saturated carbocycles. The lowest BCUT2D eigenvalue weighted by Gasteiger charge is -2.27. The molecule has 0 bridgehead atoms. The molecule has 1 heterocycles. The number of para-hydroxylation sites is 1. The van der Waals surface area contributed by atoms with Crippen LogP contribution in [0.5, 0.6) is 0 Å². The van der Waals surface area contributed by atoms with Gasteiger partial charge in [0.05, 0.1) is 0 Å². The second-order valence-electron chi connectivity index (χ2n) is 17.1. The third kappa shape index (κ3) is 4.08. The van der Waals surface area contributed by atoms with Crippen molar-refractivity contribution in [2.75, 3.05) is 0 Å². The Labute approximate surface area is 321 Å². The maximum Gasteiger partial charge on any atom is 0.136 e. The van der Waals surface area contributed by atoms with Crippen LogP contribution in [-0.2, 0) is 10.8 Å². The van der Waals surface area contributed by atoms with E-state index in [0.29, 0.717) is 0 Å². The zero-order valence-corrected chi connectivity index (χ0v) is 31.7. The summed E-state index contributed by atoms with van der Waals surface area (Å²) < 4.78 is 6.42. The fraction of sp³-hybridized carbons (Fsp3) is 0.148. The van der Waals surface area contributed by atoms with Gasteiger partial charge in [-0.2, -0.15) is 0 Å². The zero-order valence-electron chi connectivity index (χ0n) is 31.7. The van der Waals surface area contributed by atoms with E-state index in [1.54, 1.807) is 0 Å². The van der Waals surface area contributed by atoms with Crippen LogP contribution >= 0.6 is 0 Å². The second kappa shape index (κ2) is 10.7. The molecular formula is C54H40O. The average molecular weight is 705 g/mol. The standard InChI is InChI=1S/C54H40O/c1-53(2)45-19-11-9-13-34(45)35-24-22-33(29-47(35)53)51-39-17-7-5-15-37(39)50(38-16-6-8-18-40(38)51)32-23-26-46-43(28-32)41-25-21-31-27-44-36-14-10-12-20-48(36)55-49(44)30-42(31)52(41)54(46,3)4/h5-21,23,25-30H,22,24H2,1-4H3. The number of furan rings is 1. The van der Waals surface area contributed by atoms with Gasteiger partial charge >= 0.3 is 0 Å². The van der Waals surface area contributed by atoms with Gasteiger partial charge < -0.3 is 4.42 Å². The van der Waals surface area contributed by atoms with Crippen molar-refractivity contribution in [3.63, 3.8) is 0 Å². The third-order valence-corrected chi connectivity index (χ3v) is 13.6. The molecule has 8 aromatic carbocycles. The lowest BCUT2D eigenvalue weighted by molar-refractivity contribution is 0.652. The van der Waals surface area contributed by atoms with Crippen molar-refractivity contribution < 1.29 is 4.42 Å². The van der Waals surface area contributed by atoms with Crippen LogP contribution in [0, 0.1) is 0 Å². The van der Waals surface area contributed by atoms with Crippen molar-refractivity contribution in [2.45, 2.75) is 51.4 Å². The molecule has 0 atom stereocenters. The van der Waals surface area contributed by atoms with E-state index in [2.05, 4.69) is 173 Å². The molecule has 0 spiro atoms. The molecule has 3 aliphatic rings. The number of rotatable bonds is 2. The van der Waals surface area contributed by atoms with Gasteiger partial charge in [0.25, 0.3) is 0 Å². The Balaban J connectivity index is 1.06. The summed E-state index contributed by atoms with van der Waals surface area (Å²) in [7, 11) is 0. The van der Waals surface area contributed by atoms with Crippen molar-refractivity contribution in [2.24, 2.45) is 0 Å². The number of allylic oxidation sites excluding steroid dienone is 4. The first kappa shape index (κ1) is 31.2. The van der Waals surface area contributed by atoms with Gasteiger partial charge in [0, 0.05) is 21.6 Å². The number of fused-ring (bicyclic) bond motifs is 12. The molecule has 1 nitrogen and oxygen atoms in total. The summed E-state index contributed by atoms with van der Waals surface area (Å²) in [6.07, 6.45) is 4.67. The van der Waals surface area contributed by atoms with Crippen LogP contribution < -0.4 is 0 Å². The summed E-state index contributed by atoms with van der Waals surface area (Å²) in [6, 6.07) is 52.3. The number of hydrogen-bond acceptors (Lipinski definition) is 1. The summed E-state index contributed by atoms with van der Waals surface area (Å²) >= 11 is 0. The molecule has 0 amide bonds. The van der Waals surface area contributed by atoms with E-state index < -0.39 is 0 Å². The summed E-state index contributed by atoms with van der Waals surface area (Å²) in [5.74, 6) is 0. The number of hydrogen-bond donors (Lipinski definition) is 0. The van der Waals surface area contributed by atoms with Crippen molar-refractivity contribution in [1.29, 1.82) is 0 Å². The topological polar surface area (TPSA) is 13.1 Å². The van der Waals surface area contributed by atoms with Crippen LogP contribution in [0.1, 0.15) is 68.4 Å². The Bertz CT molecular complexity index is 3190. The van der Waals surface area contributed by atoms with E-state index in [-0.39, 0.29) is 10.8 Å². The van der Waals surface area contributed by atoms with Crippen molar-refractivity contribution in [1.82, 2.24) is 0 Å². The largest absolute Gasteiger partial charge is 0.456 e. The fourth-order valence-electron chi connectivity index (χ4n) is 11.0. The van der Waals surface area contributed by atoms with Gasteiger partial charge in [-0.15, -0.1) is 0 Å². The van der Waals surface area contributed by atoms with E-state index >= 15 is 0 Å². The summed E-state index contributed by atoms with van der Waals surface area (Å²) in [6.45, 7) is 9.59. The minimum Gasteiger partial charge on any atom is -0.456 e. The maximum atomic E-state index is 6.42. The molecule has 0 fully saturated rings. The maximum absolute atomic E-state index is 6.42. The lowest BCUT2D eigenvalue weighted by Crippen LogP contribution is -2.17. The van der Waals surface area contributed by atoms with Crippen molar-refractivity contribution in [3.05, 3.63) is 179 Å². The highest BCUT2D eigenvalue weighted by Gasteiger charge is 2.39. The predicted molar refractivity (Wildman–Crippen MR) is 233 cm³/mol. The quantitative estimate of drug-likeness (QED) is 0.163. The molecule has 9 aromatic rings. The van der Waals surface area contributed by atoms with Gasteiger partial charge in [0.1, 0.15) is 11.2 Å². The van der Waals surface area contributed by atoms with E-state index in [1.165, 1.54) is 110 Å². The van der Waals surface area contributed by atoms with E-state index in [9.17, 15) is 0 Å². The Morgan fingerprint density at radius 2 is 1.11 bits per heavy atom. The van der Waals surface area contributed by atoms with E-state index in [4.69, 9.17) is 4.42 Å². The highest BCUT2D eigenvalue weighted by atomic mass is 16.3. The monoisotopic (exact) mass is 704 g/mol. The minimum atomic E-state index is -0.162. The highest BCUT2D eigenvalue weighted by Crippen LogP contribution is 2.56. The summed E-state index contributed by atoms with van der Waals surface area (Å²) in [5.41, 5.74) is 18.5. The van der Waals surface area contributed by atoms with Crippen LogP contribution in [0.3, 0.4) is 0 Å². The highest BCUT2D eigenvalue weighted by molar-refractivity contribution is 6.20. The predicted octanol–water partition coefficient (Wildman–Crippen LogP) is 14.9. The normalized spacial score (nSPS) is 16.5. The minimum absolute atomic E-state index is 0.0129. The smallest absolute Gasteiger partial charge is 0.136 e. The lowest BCUT2D eigenvalue weighted by atomic mass is 9.76. The van der Waals surface area contributed by atoms with Crippen LogP contribution in [0.15, 0.2) is 156 Å². The first-order valence-corrected chi connectivity index (χ1v) is 19.8. The first-order chi connectivity index (χ1) is 26.8. The van der Waals surface area contributed by atoms with Gasteiger partial charge in [-0.1, -0.05) is 149 Å². The SMILES string of the molecule is CC1(C)C2=C(CCC(c3c4ccccc4c(-c4ccc5c(c4)-c4ccc6cc7c(cc6c4C5(C)C)oc4ccccc47)c4ccccc34)=C2)c2ccccc21. The molecule has 0 unspecified atom stereocenters. The molecule has 1 heteroatoms. The fourth-order valence-corrected chi connectivity index (χ4v) is 11.0. The average Bonchev–Trinajstić information content (AvgIpc) is 3.77. The van der Waals surface area contributed by atoms with Crippen LogP contribution in [0.4, 0.5) is 0 Å². The molecule has 1 aromatic heterocycles. The van der Waals surface area contributed by atoms with E-state index in [1.807, 2.05) is 0 Å². The molecule has 0 aliphatic heterocycles. The third-order valence-electron chi connectivity index (χ3n) is 13.6. The number of benzene rings is 8. The Morgan fingerprint density at radius 1 is 0.455 bits per heavy atom. The van der Waals surface area contributed by atoms with Crippen molar-refractivity contribution >= 4 is 65.4 Å². The molecular weight excluding hydrogens is 665 g/mol. The van der Waals surface area contributed by atoms with Gasteiger partial charge in [0.15, 0.2) is 0 Å². The summed E-state index contributed by atoms with van der Waals surface area (Å²) in [5, 5.41) is 10.2. The van der Waals surface area contributed by atoms with Crippen LogP contribution in [0.25, 0.3) is 87.7 Å². The Kier molecular flexibility index (Phi) is 6.09. The Morgan fingerprint density at radius 3 is 1.87 bits per heavy atom. The van der Waals surface area contributed by atoms with Gasteiger partial charge in [-0.3, -0.25) is 0 Å². The van der Waals surface area contributed by atoms with E-state index in [0.717, 1.165) is 24.0 Å². The molecule has 12 rings (SSSR count). The molecule has 0 saturated heterocycles. The van der Waals surface area contributed by atoms with Crippen molar-refractivity contribution in [3.8, 4) is 22.3 Å². The van der Waals surface area contributed by atoms with Gasteiger partial charge in [-0.05, 0) is 136 Å².